The standard InChI is InChI=1S/C15H13FN4O4/c1-6-9(14(23)20-19-6)10(7-2-4-8(16)5-3-7)11-12(21)17-15(24)18-13(11)22/h2-5,10H,1H3,(H2,19,20,23)(H3,17,18,21,22,24)/t10-/m1/s1. The van der Waals surface area contributed by atoms with E-state index in [4.69, 9.17) is 0 Å². The van der Waals surface area contributed by atoms with Gasteiger partial charge in [0.05, 0.1) is 11.6 Å². The molecule has 0 unspecified atom stereocenters. The minimum absolute atomic E-state index is 0.247. The molecule has 0 saturated carbocycles. The Morgan fingerprint density at radius 2 is 1.83 bits per heavy atom. The van der Waals surface area contributed by atoms with Crippen molar-refractivity contribution in [3.63, 3.8) is 0 Å². The van der Waals surface area contributed by atoms with E-state index in [0.717, 1.165) is 0 Å². The van der Waals surface area contributed by atoms with E-state index in [1.54, 1.807) is 6.92 Å². The van der Waals surface area contributed by atoms with Gasteiger partial charge in [-0.1, -0.05) is 17.2 Å². The maximum absolute atomic E-state index is 13.2. The Balaban J connectivity index is 2.34. The van der Waals surface area contributed by atoms with E-state index in [2.05, 4.69) is 10.2 Å². The van der Waals surface area contributed by atoms with Crippen LogP contribution in [0.4, 0.5) is 4.39 Å². The van der Waals surface area contributed by atoms with Crippen LogP contribution in [-0.4, -0.2) is 20.2 Å². The number of benzene rings is 1. The van der Waals surface area contributed by atoms with Gasteiger partial charge in [-0.25, -0.2) is 9.18 Å². The molecule has 0 amide bonds. The molecular formula is C15H13FN4O4. The number of halogens is 1. The molecule has 0 fully saturated rings. The van der Waals surface area contributed by atoms with E-state index in [-0.39, 0.29) is 17.0 Å². The van der Waals surface area contributed by atoms with Crippen LogP contribution in [0.1, 0.15) is 28.3 Å². The van der Waals surface area contributed by atoms with Gasteiger partial charge in [0.25, 0.3) is 5.56 Å². The van der Waals surface area contributed by atoms with Gasteiger partial charge in [0.1, 0.15) is 11.4 Å². The summed E-state index contributed by atoms with van der Waals surface area (Å²) in [5.74, 6) is -2.64. The molecule has 1 aromatic carbocycles. The quantitative estimate of drug-likeness (QED) is 0.519. The van der Waals surface area contributed by atoms with Crippen LogP contribution in [-0.2, 0) is 0 Å². The highest BCUT2D eigenvalue weighted by Crippen LogP contribution is 2.36. The molecule has 8 nitrogen and oxygen atoms in total. The Morgan fingerprint density at radius 1 is 1.17 bits per heavy atom. The molecule has 3 rings (SSSR count). The average molecular weight is 332 g/mol. The van der Waals surface area contributed by atoms with Crippen LogP contribution in [0.3, 0.4) is 0 Å². The highest BCUT2D eigenvalue weighted by atomic mass is 19.1. The van der Waals surface area contributed by atoms with Crippen molar-refractivity contribution in [1.29, 1.82) is 0 Å². The van der Waals surface area contributed by atoms with E-state index < -0.39 is 28.9 Å². The molecule has 0 aliphatic carbocycles. The number of aromatic hydroxyl groups is 1. The van der Waals surface area contributed by atoms with Gasteiger partial charge in [-0.15, -0.1) is 0 Å². The van der Waals surface area contributed by atoms with E-state index in [9.17, 15) is 24.2 Å². The van der Waals surface area contributed by atoms with Crippen LogP contribution in [0, 0.1) is 12.7 Å². The zero-order valence-electron chi connectivity index (χ0n) is 12.4. The number of aromatic nitrogens is 4. The third-order valence-electron chi connectivity index (χ3n) is 3.75. The largest absolute Gasteiger partial charge is 0.860 e. The first-order chi connectivity index (χ1) is 11.4. The Kier molecular flexibility index (Phi) is 3.68. The lowest BCUT2D eigenvalue weighted by atomic mass is 9.86. The summed E-state index contributed by atoms with van der Waals surface area (Å²) in [7, 11) is 0. The fourth-order valence-electron chi connectivity index (χ4n) is 2.69. The lowest BCUT2D eigenvalue weighted by molar-refractivity contribution is -0.462. The normalized spacial score (nSPS) is 12.2. The van der Waals surface area contributed by atoms with E-state index in [1.165, 1.54) is 24.3 Å². The van der Waals surface area contributed by atoms with E-state index in [0.29, 0.717) is 11.3 Å². The zero-order chi connectivity index (χ0) is 17.4. The molecule has 24 heavy (non-hydrogen) atoms. The predicted octanol–water partition coefficient (Wildman–Crippen LogP) is -0.388. The van der Waals surface area contributed by atoms with Crippen LogP contribution in [0.15, 0.2) is 33.9 Å². The molecule has 0 saturated heterocycles. The fraction of sp³-hybridized carbons (Fsp3) is 0.133. The van der Waals surface area contributed by atoms with Gasteiger partial charge in [-0.05, 0) is 30.5 Å². The van der Waals surface area contributed by atoms with E-state index >= 15 is 0 Å². The van der Waals surface area contributed by atoms with Gasteiger partial charge >= 0.3 is 11.6 Å². The van der Waals surface area contributed by atoms with Gasteiger partial charge in [-0.3, -0.25) is 9.78 Å². The number of aromatic amines is 4. The summed E-state index contributed by atoms with van der Waals surface area (Å²) < 4.78 is 13.2. The summed E-state index contributed by atoms with van der Waals surface area (Å²) in [5, 5.41) is 27.4. The molecular weight excluding hydrogens is 319 g/mol. The first kappa shape index (κ1) is 15.5. The van der Waals surface area contributed by atoms with Crippen molar-refractivity contribution in [2.24, 2.45) is 0 Å². The zero-order valence-corrected chi connectivity index (χ0v) is 12.4. The summed E-state index contributed by atoms with van der Waals surface area (Å²) in [4.78, 5) is 27.5. The molecule has 1 atom stereocenters. The van der Waals surface area contributed by atoms with Gasteiger partial charge in [-0.2, -0.15) is 5.10 Å². The molecule has 5 N–H and O–H groups in total. The highest BCUT2D eigenvalue weighted by molar-refractivity contribution is 5.48. The second-order valence-corrected chi connectivity index (χ2v) is 5.27. The lowest BCUT2D eigenvalue weighted by Crippen LogP contribution is -2.30. The van der Waals surface area contributed by atoms with Gasteiger partial charge in [0.2, 0.25) is 0 Å². The van der Waals surface area contributed by atoms with Crippen LogP contribution < -0.4 is 21.5 Å². The number of hydrogen-bond acceptors (Lipinski definition) is 4. The third-order valence-corrected chi connectivity index (χ3v) is 3.75. The van der Waals surface area contributed by atoms with Crippen molar-refractivity contribution in [3.8, 4) is 11.8 Å². The monoisotopic (exact) mass is 332 g/mol. The summed E-state index contributed by atoms with van der Waals surface area (Å²) in [6.07, 6.45) is 0. The second-order valence-electron chi connectivity index (χ2n) is 5.27. The molecule has 0 bridgehead atoms. The molecule has 2 aromatic heterocycles. The Labute approximate surface area is 133 Å². The van der Waals surface area contributed by atoms with Crippen molar-refractivity contribution >= 4 is 0 Å². The summed E-state index contributed by atoms with van der Waals surface area (Å²) >= 11 is 0. The molecule has 3 aromatic rings. The Bertz CT molecular complexity index is 984. The van der Waals surface area contributed by atoms with Gasteiger partial charge < -0.3 is 15.2 Å². The highest BCUT2D eigenvalue weighted by Gasteiger charge is 2.30. The van der Waals surface area contributed by atoms with Crippen molar-refractivity contribution in [2.45, 2.75) is 12.8 Å². The summed E-state index contributed by atoms with van der Waals surface area (Å²) in [6, 6.07) is 5.15. The second kappa shape index (κ2) is 5.69. The molecule has 0 spiro atoms. The number of rotatable bonds is 3. The Morgan fingerprint density at radius 3 is 2.38 bits per heavy atom. The fourth-order valence-corrected chi connectivity index (χ4v) is 2.69. The minimum atomic E-state index is -0.999. The Hall–Kier alpha value is -3.36. The first-order valence-electron chi connectivity index (χ1n) is 6.96. The molecule has 124 valence electrons. The topological polar surface area (TPSA) is 139 Å². The van der Waals surface area contributed by atoms with Gasteiger partial charge in [0.15, 0.2) is 0 Å². The number of hydrogen-bond donors (Lipinski definition) is 4. The SMILES string of the molecule is Cc1[nH][nH+]c(O)c1[C@@H](c1ccc(F)cc1)c1c([O-])[nH]c(=O)[nH]c1=O. The van der Waals surface area contributed by atoms with Crippen LogP contribution >= 0.6 is 0 Å². The molecule has 0 aliphatic rings. The molecule has 0 radical (unpaired) electrons. The smallest absolute Gasteiger partial charge is 0.393 e. The van der Waals surface area contributed by atoms with Crippen molar-refractivity contribution in [3.05, 3.63) is 73.3 Å². The lowest BCUT2D eigenvalue weighted by Gasteiger charge is -2.20. The summed E-state index contributed by atoms with van der Waals surface area (Å²) in [6.45, 7) is 1.63. The van der Waals surface area contributed by atoms with E-state index in [1.807, 2.05) is 9.97 Å². The molecule has 0 aliphatic heterocycles. The van der Waals surface area contributed by atoms with Crippen molar-refractivity contribution < 1.29 is 19.7 Å². The van der Waals surface area contributed by atoms with Gasteiger partial charge in [0, 0.05) is 5.56 Å². The van der Waals surface area contributed by atoms with Crippen LogP contribution in [0.2, 0.25) is 0 Å². The molecule has 9 heteroatoms. The number of H-pyrrole nitrogens is 4. The minimum Gasteiger partial charge on any atom is -0.860 e. The van der Waals surface area contributed by atoms with Crippen molar-refractivity contribution in [2.75, 3.05) is 0 Å². The molecule has 2 heterocycles. The third kappa shape index (κ3) is 2.56. The van der Waals surface area contributed by atoms with Crippen molar-refractivity contribution in [1.82, 2.24) is 15.1 Å². The number of aryl methyl sites for hydroxylation is 1. The first-order valence-corrected chi connectivity index (χ1v) is 6.96. The maximum atomic E-state index is 13.2. The maximum Gasteiger partial charge on any atom is 0.393 e. The number of nitrogens with one attached hydrogen (secondary N) is 4. The van der Waals surface area contributed by atoms with Crippen LogP contribution in [0.25, 0.3) is 0 Å². The van der Waals surface area contributed by atoms with Crippen LogP contribution in [0.5, 0.6) is 11.8 Å². The predicted molar refractivity (Wildman–Crippen MR) is 78.2 cm³/mol. The summed E-state index contributed by atoms with van der Waals surface area (Å²) in [5.41, 5.74) is -0.959. The average Bonchev–Trinajstić information content (AvgIpc) is 2.83.